The Kier molecular flexibility index (Phi) is 9.27. The fourth-order valence-corrected chi connectivity index (χ4v) is 3.78. The summed E-state index contributed by atoms with van der Waals surface area (Å²) in [5, 5.41) is 3.05. The largest absolute Gasteiger partial charge is 0.497 e. The molecule has 0 saturated heterocycles. The highest BCUT2D eigenvalue weighted by atomic mass is 16.5. The first-order valence-corrected chi connectivity index (χ1v) is 11.7. The van der Waals surface area contributed by atoms with E-state index in [-0.39, 0.29) is 18.2 Å². The highest BCUT2D eigenvalue weighted by molar-refractivity contribution is 5.88. The first kappa shape index (κ1) is 25.0. The maximum absolute atomic E-state index is 13.7. The summed E-state index contributed by atoms with van der Waals surface area (Å²) < 4.78 is 5.23. The third-order valence-electron chi connectivity index (χ3n) is 5.67. The van der Waals surface area contributed by atoms with E-state index in [1.165, 1.54) is 0 Å². The van der Waals surface area contributed by atoms with Crippen molar-refractivity contribution in [1.29, 1.82) is 0 Å². The van der Waals surface area contributed by atoms with E-state index < -0.39 is 6.04 Å². The molecule has 0 radical (unpaired) electrons. The second-order valence-corrected chi connectivity index (χ2v) is 8.88. The molecule has 34 heavy (non-hydrogen) atoms. The van der Waals surface area contributed by atoms with Crippen molar-refractivity contribution in [3.05, 3.63) is 102 Å². The zero-order chi connectivity index (χ0) is 24.3. The Morgan fingerprint density at radius 1 is 0.824 bits per heavy atom. The molecule has 178 valence electrons. The third kappa shape index (κ3) is 7.48. The molecule has 0 aliphatic carbocycles. The number of benzene rings is 3. The molecule has 0 aliphatic heterocycles. The molecule has 1 atom stereocenters. The van der Waals surface area contributed by atoms with E-state index in [0.717, 1.165) is 22.4 Å². The summed E-state index contributed by atoms with van der Waals surface area (Å²) in [4.78, 5) is 28.8. The summed E-state index contributed by atoms with van der Waals surface area (Å²) >= 11 is 0. The van der Waals surface area contributed by atoms with E-state index >= 15 is 0 Å². The quantitative estimate of drug-likeness (QED) is 0.455. The van der Waals surface area contributed by atoms with Crippen LogP contribution in [0.3, 0.4) is 0 Å². The van der Waals surface area contributed by atoms with Gasteiger partial charge in [-0.1, -0.05) is 86.6 Å². The Bertz CT molecular complexity index is 1030. The predicted molar refractivity (Wildman–Crippen MR) is 135 cm³/mol. The van der Waals surface area contributed by atoms with Gasteiger partial charge < -0.3 is 15.0 Å². The van der Waals surface area contributed by atoms with Crippen molar-refractivity contribution in [2.75, 3.05) is 13.7 Å². The number of hydrogen-bond donors (Lipinski definition) is 1. The molecule has 5 nitrogen and oxygen atoms in total. The van der Waals surface area contributed by atoms with Crippen LogP contribution in [0.4, 0.5) is 0 Å². The van der Waals surface area contributed by atoms with Crippen LogP contribution in [-0.2, 0) is 29.0 Å². The van der Waals surface area contributed by atoms with Crippen LogP contribution in [0, 0.1) is 5.92 Å². The van der Waals surface area contributed by atoms with Gasteiger partial charge in [0.1, 0.15) is 11.8 Å². The van der Waals surface area contributed by atoms with Crippen LogP contribution in [0.15, 0.2) is 84.9 Å². The molecule has 2 amide bonds. The van der Waals surface area contributed by atoms with E-state index in [1.807, 2.05) is 84.9 Å². The summed E-state index contributed by atoms with van der Waals surface area (Å²) in [5.41, 5.74) is 2.88. The fourth-order valence-electron chi connectivity index (χ4n) is 3.78. The van der Waals surface area contributed by atoms with E-state index in [2.05, 4.69) is 19.2 Å². The van der Waals surface area contributed by atoms with Crippen molar-refractivity contribution in [2.24, 2.45) is 5.92 Å². The van der Waals surface area contributed by atoms with Gasteiger partial charge in [0.25, 0.3) is 0 Å². The molecule has 1 unspecified atom stereocenters. The van der Waals surface area contributed by atoms with Gasteiger partial charge in [-0.05, 0) is 34.7 Å². The molecule has 0 aliphatic rings. The van der Waals surface area contributed by atoms with Crippen molar-refractivity contribution in [2.45, 2.75) is 39.3 Å². The molecule has 0 aromatic heterocycles. The molecule has 3 aromatic rings. The molecular weight excluding hydrogens is 424 g/mol. The van der Waals surface area contributed by atoms with Crippen molar-refractivity contribution in [1.82, 2.24) is 10.2 Å². The van der Waals surface area contributed by atoms with Crippen LogP contribution in [0.1, 0.15) is 30.5 Å². The summed E-state index contributed by atoms with van der Waals surface area (Å²) in [6.45, 7) is 5.05. The Morgan fingerprint density at radius 2 is 1.41 bits per heavy atom. The van der Waals surface area contributed by atoms with Gasteiger partial charge in [0.15, 0.2) is 0 Å². The normalized spacial score (nSPS) is 11.6. The number of methoxy groups -OCH3 is 1. The number of amides is 2. The zero-order valence-corrected chi connectivity index (χ0v) is 20.2. The van der Waals surface area contributed by atoms with Crippen molar-refractivity contribution in [3.63, 3.8) is 0 Å². The lowest BCUT2D eigenvalue weighted by Crippen LogP contribution is -2.51. The van der Waals surface area contributed by atoms with Gasteiger partial charge in [-0.15, -0.1) is 0 Å². The lowest BCUT2D eigenvalue weighted by molar-refractivity contribution is -0.140. The standard InChI is InChI=1S/C29H34N2O3/c1-22(2)20-30-29(33)27(18-23-10-6-4-7-11-23)31(21-25-12-8-5-9-13-25)28(32)19-24-14-16-26(34-3)17-15-24/h4-17,22,27H,18-21H2,1-3H3,(H,30,33). The highest BCUT2D eigenvalue weighted by Gasteiger charge is 2.30. The monoisotopic (exact) mass is 458 g/mol. The highest BCUT2D eigenvalue weighted by Crippen LogP contribution is 2.18. The maximum atomic E-state index is 13.7. The molecule has 0 heterocycles. The van der Waals surface area contributed by atoms with Crippen molar-refractivity contribution in [3.8, 4) is 5.75 Å². The van der Waals surface area contributed by atoms with Gasteiger partial charge in [-0.3, -0.25) is 9.59 Å². The lowest BCUT2D eigenvalue weighted by Gasteiger charge is -2.32. The van der Waals surface area contributed by atoms with Crippen LogP contribution in [0.25, 0.3) is 0 Å². The maximum Gasteiger partial charge on any atom is 0.243 e. The SMILES string of the molecule is COc1ccc(CC(=O)N(Cc2ccccc2)C(Cc2ccccc2)C(=O)NCC(C)C)cc1. The minimum atomic E-state index is -0.618. The van der Waals surface area contributed by atoms with Gasteiger partial charge >= 0.3 is 0 Å². The molecular formula is C29H34N2O3. The topological polar surface area (TPSA) is 58.6 Å². The van der Waals surface area contributed by atoms with Gasteiger partial charge in [-0.2, -0.15) is 0 Å². The number of ether oxygens (including phenoxy) is 1. The second kappa shape index (κ2) is 12.6. The minimum absolute atomic E-state index is 0.0883. The minimum Gasteiger partial charge on any atom is -0.497 e. The van der Waals surface area contributed by atoms with Gasteiger partial charge in [0.05, 0.1) is 13.5 Å². The molecule has 3 aromatic carbocycles. The molecule has 0 fully saturated rings. The first-order valence-electron chi connectivity index (χ1n) is 11.7. The average molecular weight is 459 g/mol. The zero-order valence-electron chi connectivity index (χ0n) is 20.2. The number of nitrogens with one attached hydrogen (secondary N) is 1. The summed E-state index contributed by atoms with van der Waals surface area (Å²) in [5.74, 6) is 0.845. The van der Waals surface area contributed by atoms with E-state index in [9.17, 15) is 9.59 Å². The smallest absolute Gasteiger partial charge is 0.243 e. The van der Waals surface area contributed by atoms with Crippen molar-refractivity contribution >= 4 is 11.8 Å². The number of carbonyl (C=O) groups excluding carboxylic acids is 2. The Labute approximate surface area is 202 Å². The van der Waals surface area contributed by atoms with Gasteiger partial charge in [0.2, 0.25) is 11.8 Å². The van der Waals surface area contributed by atoms with Crippen LogP contribution < -0.4 is 10.1 Å². The van der Waals surface area contributed by atoms with Crippen LogP contribution in [0.5, 0.6) is 5.75 Å². The van der Waals surface area contributed by atoms with Crippen LogP contribution >= 0.6 is 0 Å². The predicted octanol–water partition coefficient (Wildman–Crippen LogP) is 4.65. The van der Waals surface area contributed by atoms with Crippen LogP contribution in [0.2, 0.25) is 0 Å². The van der Waals surface area contributed by atoms with Crippen molar-refractivity contribution < 1.29 is 14.3 Å². The average Bonchev–Trinajstić information content (AvgIpc) is 2.86. The number of rotatable bonds is 11. The first-order chi connectivity index (χ1) is 16.5. The lowest BCUT2D eigenvalue weighted by atomic mass is 10.0. The molecule has 3 rings (SSSR count). The van der Waals surface area contributed by atoms with Crippen LogP contribution in [-0.4, -0.2) is 36.4 Å². The van der Waals surface area contributed by atoms with Gasteiger partial charge in [-0.25, -0.2) is 0 Å². The second-order valence-electron chi connectivity index (χ2n) is 8.88. The van der Waals surface area contributed by atoms with Gasteiger partial charge in [0, 0.05) is 19.5 Å². The fraction of sp³-hybridized carbons (Fsp3) is 0.310. The van der Waals surface area contributed by atoms with E-state index in [4.69, 9.17) is 4.74 Å². The summed E-state index contributed by atoms with van der Waals surface area (Å²) in [7, 11) is 1.62. The summed E-state index contributed by atoms with van der Waals surface area (Å²) in [6.07, 6.45) is 0.658. The molecule has 1 N–H and O–H groups in total. The van der Waals surface area contributed by atoms with E-state index in [0.29, 0.717) is 25.4 Å². The molecule has 0 spiro atoms. The molecule has 5 heteroatoms. The number of carbonyl (C=O) groups is 2. The Balaban J connectivity index is 1.91. The Morgan fingerprint density at radius 3 is 1.97 bits per heavy atom. The van der Waals surface area contributed by atoms with E-state index in [1.54, 1.807) is 12.0 Å². The number of hydrogen-bond acceptors (Lipinski definition) is 3. The summed E-state index contributed by atoms with van der Waals surface area (Å²) in [6, 6.07) is 26.5. The molecule has 0 bridgehead atoms. The molecule has 0 saturated carbocycles. The Hall–Kier alpha value is -3.60. The third-order valence-corrected chi connectivity index (χ3v) is 5.67. The number of nitrogens with zero attached hydrogens (tertiary/aromatic N) is 1.